The Morgan fingerprint density at radius 2 is 1.86 bits per heavy atom. The summed E-state index contributed by atoms with van der Waals surface area (Å²) >= 11 is 0. The number of hydrogen-bond donors (Lipinski definition) is 3. The Kier molecular flexibility index (Phi) is 3.89. The lowest BCUT2D eigenvalue weighted by atomic mass is 10.1. The van der Waals surface area contributed by atoms with Gasteiger partial charge in [0, 0.05) is 5.56 Å². The van der Waals surface area contributed by atoms with Gasteiger partial charge in [0.15, 0.2) is 0 Å². The maximum absolute atomic E-state index is 13.1. The lowest BCUT2D eigenvalue weighted by Gasteiger charge is -2.09. The van der Waals surface area contributed by atoms with Crippen LogP contribution in [0.3, 0.4) is 0 Å². The van der Waals surface area contributed by atoms with Gasteiger partial charge in [-0.3, -0.25) is 4.79 Å². The number of anilines is 1. The van der Waals surface area contributed by atoms with Crippen molar-refractivity contribution in [1.29, 1.82) is 0 Å². The van der Waals surface area contributed by atoms with Crippen LogP contribution in [0.25, 0.3) is 0 Å². The second-order valence-electron chi connectivity index (χ2n) is 4.45. The van der Waals surface area contributed by atoms with Crippen molar-refractivity contribution in [1.82, 2.24) is 0 Å². The van der Waals surface area contributed by atoms with Crippen LogP contribution in [-0.2, 0) is 0 Å². The molecular formula is C15H12FNO4. The zero-order valence-electron chi connectivity index (χ0n) is 11.1. The zero-order chi connectivity index (χ0) is 15.6. The Morgan fingerprint density at radius 3 is 2.48 bits per heavy atom. The van der Waals surface area contributed by atoms with E-state index in [1.165, 1.54) is 24.3 Å². The van der Waals surface area contributed by atoms with Gasteiger partial charge >= 0.3 is 5.97 Å². The highest BCUT2D eigenvalue weighted by atomic mass is 19.1. The van der Waals surface area contributed by atoms with E-state index in [1.807, 2.05) is 0 Å². The minimum absolute atomic E-state index is 0.000344. The lowest BCUT2D eigenvalue weighted by Crippen LogP contribution is -2.15. The van der Waals surface area contributed by atoms with Crippen molar-refractivity contribution in [3.05, 3.63) is 58.9 Å². The largest absolute Gasteiger partial charge is 0.508 e. The number of benzene rings is 2. The molecule has 0 aliphatic heterocycles. The topological polar surface area (TPSA) is 86.6 Å². The molecule has 6 heteroatoms. The summed E-state index contributed by atoms with van der Waals surface area (Å²) < 4.78 is 13.1. The average molecular weight is 289 g/mol. The molecule has 3 N–H and O–H groups in total. The summed E-state index contributed by atoms with van der Waals surface area (Å²) in [6.45, 7) is 1.63. The van der Waals surface area contributed by atoms with Gasteiger partial charge in [-0.15, -0.1) is 0 Å². The van der Waals surface area contributed by atoms with Crippen molar-refractivity contribution in [3.8, 4) is 5.75 Å². The molecule has 0 aliphatic rings. The highest BCUT2D eigenvalue weighted by Gasteiger charge is 2.15. The molecule has 0 fully saturated rings. The number of halogens is 1. The number of rotatable bonds is 3. The molecule has 0 unspecified atom stereocenters. The number of aromatic hydroxyl groups is 1. The molecule has 0 spiro atoms. The number of phenolic OH excluding ortho intramolecular Hbond substituents is 1. The Hall–Kier alpha value is -2.89. The van der Waals surface area contributed by atoms with Crippen LogP contribution in [0.1, 0.15) is 26.3 Å². The Balaban J connectivity index is 2.31. The van der Waals surface area contributed by atoms with Crippen LogP contribution < -0.4 is 5.32 Å². The first-order chi connectivity index (χ1) is 9.88. The van der Waals surface area contributed by atoms with E-state index in [-0.39, 0.29) is 22.6 Å². The van der Waals surface area contributed by atoms with Gasteiger partial charge in [-0.1, -0.05) is 0 Å². The average Bonchev–Trinajstić information content (AvgIpc) is 2.43. The van der Waals surface area contributed by atoms with E-state index in [0.29, 0.717) is 5.56 Å². The maximum Gasteiger partial charge on any atom is 0.337 e. The van der Waals surface area contributed by atoms with Crippen LogP contribution in [0.2, 0.25) is 0 Å². The van der Waals surface area contributed by atoms with Gasteiger partial charge in [-0.25, -0.2) is 9.18 Å². The van der Waals surface area contributed by atoms with E-state index < -0.39 is 17.7 Å². The minimum Gasteiger partial charge on any atom is -0.508 e. The molecule has 0 saturated carbocycles. The predicted octanol–water partition coefficient (Wildman–Crippen LogP) is 2.79. The SMILES string of the molecule is Cc1cc(C(=O)Nc2ccc(F)cc2C(=O)O)ccc1O. The fourth-order valence-corrected chi connectivity index (χ4v) is 1.79. The number of carboxylic acid groups (broad SMARTS) is 1. The Bertz CT molecular complexity index is 728. The van der Waals surface area contributed by atoms with Crippen molar-refractivity contribution in [2.45, 2.75) is 6.92 Å². The molecule has 0 heterocycles. The van der Waals surface area contributed by atoms with Crippen molar-refractivity contribution >= 4 is 17.6 Å². The number of aryl methyl sites for hydroxylation is 1. The summed E-state index contributed by atoms with van der Waals surface area (Å²) in [6.07, 6.45) is 0. The van der Waals surface area contributed by atoms with E-state index in [9.17, 15) is 19.1 Å². The van der Waals surface area contributed by atoms with Gasteiger partial charge in [-0.05, 0) is 48.9 Å². The highest BCUT2D eigenvalue weighted by molar-refractivity contribution is 6.07. The van der Waals surface area contributed by atoms with Crippen LogP contribution in [0.15, 0.2) is 36.4 Å². The summed E-state index contributed by atoms with van der Waals surface area (Å²) in [6, 6.07) is 7.32. The molecule has 21 heavy (non-hydrogen) atoms. The molecule has 0 atom stereocenters. The zero-order valence-corrected chi connectivity index (χ0v) is 11.1. The number of amides is 1. The minimum atomic E-state index is -1.34. The smallest absolute Gasteiger partial charge is 0.337 e. The molecule has 2 rings (SSSR count). The number of aromatic carboxylic acids is 1. The highest BCUT2D eigenvalue weighted by Crippen LogP contribution is 2.20. The standard InChI is InChI=1S/C15H12FNO4/c1-8-6-9(2-5-13(8)18)14(19)17-12-4-3-10(16)7-11(12)15(20)21/h2-7,18H,1H3,(H,17,19)(H,20,21). The van der Waals surface area contributed by atoms with E-state index in [0.717, 1.165) is 12.1 Å². The van der Waals surface area contributed by atoms with Crippen LogP contribution in [-0.4, -0.2) is 22.1 Å². The molecule has 5 nitrogen and oxygen atoms in total. The molecule has 0 aliphatic carbocycles. The molecule has 0 aromatic heterocycles. The van der Waals surface area contributed by atoms with Crippen molar-refractivity contribution in [2.24, 2.45) is 0 Å². The molecule has 2 aromatic carbocycles. The fraction of sp³-hybridized carbons (Fsp3) is 0.0667. The third-order valence-corrected chi connectivity index (χ3v) is 2.92. The van der Waals surface area contributed by atoms with E-state index in [1.54, 1.807) is 6.92 Å². The van der Waals surface area contributed by atoms with Crippen molar-refractivity contribution in [3.63, 3.8) is 0 Å². The first kappa shape index (κ1) is 14.5. The van der Waals surface area contributed by atoms with Gasteiger partial charge in [0.05, 0.1) is 11.3 Å². The summed E-state index contributed by atoms with van der Waals surface area (Å²) in [4.78, 5) is 23.1. The van der Waals surface area contributed by atoms with Crippen LogP contribution in [0, 0.1) is 12.7 Å². The molecule has 0 saturated heterocycles. The van der Waals surface area contributed by atoms with Gasteiger partial charge in [0.2, 0.25) is 0 Å². The van der Waals surface area contributed by atoms with Crippen molar-refractivity contribution in [2.75, 3.05) is 5.32 Å². The third kappa shape index (κ3) is 3.17. The van der Waals surface area contributed by atoms with Gasteiger partial charge < -0.3 is 15.5 Å². The van der Waals surface area contributed by atoms with Crippen LogP contribution in [0.5, 0.6) is 5.75 Å². The van der Waals surface area contributed by atoms with Crippen LogP contribution >= 0.6 is 0 Å². The first-order valence-corrected chi connectivity index (χ1v) is 6.02. The number of carbonyl (C=O) groups excluding carboxylic acids is 1. The number of phenols is 1. The number of carbonyl (C=O) groups is 2. The molecule has 0 bridgehead atoms. The third-order valence-electron chi connectivity index (χ3n) is 2.92. The van der Waals surface area contributed by atoms with Gasteiger partial charge in [0.25, 0.3) is 5.91 Å². The molecule has 1 amide bonds. The van der Waals surface area contributed by atoms with E-state index >= 15 is 0 Å². The first-order valence-electron chi connectivity index (χ1n) is 6.02. The summed E-state index contributed by atoms with van der Waals surface area (Å²) in [5.41, 5.74) is 0.435. The van der Waals surface area contributed by atoms with Crippen molar-refractivity contribution < 1.29 is 24.2 Å². The van der Waals surface area contributed by atoms with E-state index in [4.69, 9.17) is 5.11 Å². The summed E-state index contributed by atoms with van der Waals surface area (Å²) in [5.74, 6) is -2.54. The van der Waals surface area contributed by atoms with Crippen LogP contribution in [0.4, 0.5) is 10.1 Å². The molecule has 0 radical (unpaired) electrons. The lowest BCUT2D eigenvalue weighted by molar-refractivity contribution is 0.0697. The maximum atomic E-state index is 13.1. The second kappa shape index (κ2) is 5.62. The normalized spacial score (nSPS) is 10.2. The van der Waals surface area contributed by atoms with Gasteiger partial charge in [0.1, 0.15) is 11.6 Å². The molecule has 108 valence electrons. The quantitative estimate of drug-likeness (QED) is 0.811. The molecular weight excluding hydrogens is 277 g/mol. The Morgan fingerprint density at radius 1 is 1.14 bits per heavy atom. The summed E-state index contributed by atoms with van der Waals surface area (Å²) in [7, 11) is 0. The second-order valence-corrected chi connectivity index (χ2v) is 4.45. The fourth-order valence-electron chi connectivity index (χ4n) is 1.79. The number of carboxylic acids is 1. The monoisotopic (exact) mass is 289 g/mol. The number of nitrogens with one attached hydrogen (secondary N) is 1. The molecule has 2 aromatic rings. The summed E-state index contributed by atoms with van der Waals surface area (Å²) in [5, 5.41) is 20.8. The Labute approximate surface area is 119 Å². The number of hydrogen-bond acceptors (Lipinski definition) is 3. The van der Waals surface area contributed by atoms with Gasteiger partial charge in [-0.2, -0.15) is 0 Å². The predicted molar refractivity (Wildman–Crippen MR) is 74.2 cm³/mol. The van der Waals surface area contributed by atoms with E-state index in [2.05, 4.69) is 5.32 Å².